The number of benzene rings is 5. The number of para-hydroxylation sites is 3. The second-order valence-corrected chi connectivity index (χ2v) is 11.6. The number of hydrogen-bond acceptors (Lipinski definition) is 4. The molecule has 7 heteroatoms. The first-order valence-corrected chi connectivity index (χ1v) is 15.5. The summed E-state index contributed by atoms with van der Waals surface area (Å²) in [6, 6.07) is 42.0. The van der Waals surface area contributed by atoms with E-state index in [2.05, 4.69) is 15.6 Å². The summed E-state index contributed by atoms with van der Waals surface area (Å²) in [7, 11) is -4.59. The normalized spacial score (nSPS) is 12.6. The molecule has 6 nitrogen and oxygen atoms in total. The van der Waals surface area contributed by atoms with Gasteiger partial charge in [0.25, 0.3) is 10.1 Å². The number of allylic oxidation sites excluding steroid dienone is 5. The van der Waals surface area contributed by atoms with Crippen molar-refractivity contribution >= 4 is 49.8 Å². The van der Waals surface area contributed by atoms with Crippen LogP contribution in [0.15, 0.2) is 168 Å². The quantitative estimate of drug-likeness (QED) is 0.142. The van der Waals surface area contributed by atoms with Gasteiger partial charge in [0.15, 0.2) is 0 Å². The lowest BCUT2D eigenvalue weighted by Gasteiger charge is -2.18. The Balaban J connectivity index is 1.44. The Morgan fingerprint density at radius 2 is 1.07 bits per heavy atom. The van der Waals surface area contributed by atoms with Crippen molar-refractivity contribution in [2.24, 2.45) is 0 Å². The van der Waals surface area contributed by atoms with Gasteiger partial charge in [-0.25, -0.2) is 4.99 Å². The number of hydrogen-bond donors (Lipinski definition) is 4. The highest BCUT2D eigenvalue weighted by Gasteiger charge is 2.22. The lowest BCUT2D eigenvalue weighted by Crippen LogP contribution is -2.65. The van der Waals surface area contributed by atoms with E-state index in [4.69, 9.17) is 0 Å². The summed E-state index contributed by atoms with van der Waals surface area (Å²) in [5.41, 5.74) is 7.67. The minimum atomic E-state index is -4.59. The monoisotopic (exact) mass is 596 g/mol. The van der Waals surface area contributed by atoms with Gasteiger partial charge in [-0.3, -0.25) is 4.55 Å². The van der Waals surface area contributed by atoms with Gasteiger partial charge < -0.3 is 10.6 Å². The molecule has 5 aromatic rings. The van der Waals surface area contributed by atoms with Crippen LogP contribution in [0.1, 0.15) is 11.1 Å². The third-order valence-corrected chi connectivity index (χ3v) is 7.96. The Hall–Kier alpha value is -5.50. The Kier molecular flexibility index (Phi) is 8.32. The van der Waals surface area contributed by atoms with Crippen molar-refractivity contribution in [3.63, 3.8) is 0 Å². The van der Waals surface area contributed by atoms with Crippen molar-refractivity contribution in [2.75, 3.05) is 10.6 Å². The zero-order valence-electron chi connectivity index (χ0n) is 23.7. The third kappa shape index (κ3) is 6.93. The second-order valence-electron chi connectivity index (χ2n) is 10.2. The van der Waals surface area contributed by atoms with Crippen molar-refractivity contribution in [2.45, 2.75) is 4.90 Å². The SMILES string of the molecule is O=S(=O)(O)c1cc(Nc2ccccc2)ccc1C(=C1C=CC(=[NH+]c2ccccc2)C=C1)c1ccc(Nc2ccccc2)cc1. The Morgan fingerprint density at radius 3 is 1.64 bits per heavy atom. The molecule has 216 valence electrons. The van der Waals surface area contributed by atoms with E-state index in [1.165, 1.54) is 6.07 Å². The minimum absolute atomic E-state index is 0.189. The second kappa shape index (κ2) is 12.8. The first kappa shape index (κ1) is 28.6. The van der Waals surface area contributed by atoms with E-state index >= 15 is 0 Å². The summed E-state index contributed by atoms with van der Waals surface area (Å²) in [6.07, 6.45) is 7.79. The largest absolute Gasteiger partial charge is 0.356 e. The van der Waals surface area contributed by atoms with E-state index in [0.717, 1.165) is 39.6 Å². The van der Waals surface area contributed by atoms with Gasteiger partial charge in [0.2, 0.25) is 11.4 Å². The van der Waals surface area contributed by atoms with Gasteiger partial charge in [0, 0.05) is 52.6 Å². The summed E-state index contributed by atoms with van der Waals surface area (Å²) in [5, 5.41) is 6.61. The van der Waals surface area contributed by atoms with Crippen LogP contribution in [-0.4, -0.2) is 18.7 Å². The molecule has 6 rings (SSSR count). The van der Waals surface area contributed by atoms with Crippen LogP contribution in [-0.2, 0) is 10.1 Å². The molecule has 1 aliphatic rings. The smallest absolute Gasteiger partial charge is 0.295 e. The highest BCUT2D eigenvalue weighted by Crippen LogP contribution is 2.36. The lowest BCUT2D eigenvalue weighted by atomic mass is 9.90. The predicted octanol–water partition coefficient (Wildman–Crippen LogP) is 7.20. The molecule has 0 heterocycles. The summed E-state index contributed by atoms with van der Waals surface area (Å²) in [5.74, 6) is 0. The molecule has 0 unspecified atom stereocenters. The highest BCUT2D eigenvalue weighted by molar-refractivity contribution is 7.86. The zero-order valence-corrected chi connectivity index (χ0v) is 24.5. The fourth-order valence-corrected chi connectivity index (χ4v) is 5.73. The van der Waals surface area contributed by atoms with E-state index < -0.39 is 10.1 Å². The molecule has 0 fully saturated rings. The van der Waals surface area contributed by atoms with Gasteiger partial charge in [0.1, 0.15) is 4.90 Å². The van der Waals surface area contributed by atoms with Crippen LogP contribution >= 0.6 is 0 Å². The van der Waals surface area contributed by atoms with E-state index in [-0.39, 0.29) is 4.90 Å². The predicted molar refractivity (Wildman–Crippen MR) is 179 cm³/mol. The van der Waals surface area contributed by atoms with E-state index in [1.54, 1.807) is 6.07 Å². The minimum Gasteiger partial charge on any atom is -0.356 e. The van der Waals surface area contributed by atoms with Gasteiger partial charge in [-0.2, -0.15) is 8.42 Å². The Morgan fingerprint density at radius 1 is 0.568 bits per heavy atom. The molecule has 0 saturated carbocycles. The molecule has 0 spiro atoms. The molecule has 0 saturated heterocycles. The lowest BCUT2D eigenvalue weighted by molar-refractivity contribution is -0.351. The van der Waals surface area contributed by atoms with E-state index in [1.807, 2.05) is 146 Å². The maximum Gasteiger partial charge on any atom is 0.295 e. The molecule has 5 aromatic carbocycles. The first-order valence-electron chi connectivity index (χ1n) is 14.1. The molecule has 4 N–H and O–H groups in total. The van der Waals surface area contributed by atoms with Crippen LogP contribution in [0.5, 0.6) is 0 Å². The van der Waals surface area contributed by atoms with E-state index in [0.29, 0.717) is 16.8 Å². The summed E-state index contributed by atoms with van der Waals surface area (Å²) in [4.78, 5) is 3.20. The van der Waals surface area contributed by atoms with Gasteiger partial charge in [-0.05, 0) is 77.4 Å². The highest BCUT2D eigenvalue weighted by atomic mass is 32.2. The molecule has 0 radical (unpaired) electrons. The van der Waals surface area contributed by atoms with Gasteiger partial charge in [-0.15, -0.1) is 0 Å². The number of rotatable bonds is 8. The molecule has 0 aliphatic heterocycles. The average Bonchev–Trinajstić information content (AvgIpc) is 3.04. The van der Waals surface area contributed by atoms with Crippen molar-refractivity contribution in [3.8, 4) is 0 Å². The van der Waals surface area contributed by atoms with Crippen molar-refractivity contribution in [1.82, 2.24) is 0 Å². The van der Waals surface area contributed by atoms with Gasteiger partial charge >= 0.3 is 0 Å². The van der Waals surface area contributed by atoms with Crippen molar-refractivity contribution in [3.05, 3.63) is 174 Å². The van der Waals surface area contributed by atoms with Crippen LogP contribution in [0.4, 0.5) is 28.4 Å². The molecule has 44 heavy (non-hydrogen) atoms. The van der Waals surface area contributed by atoms with Crippen LogP contribution in [0.25, 0.3) is 5.57 Å². The fourth-order valence-electron chi connectivity index (χ4n) is 5.00. The maximum atomic E-state index is 12.8. The number of anilines is 4. The fraction of sp³-hybridized carbons (Fsp3) is 0. The molecule has 0 aromatic heterocycles. The number of nitrogens with one attached hydrogen (secondary N) is 3. The molecule has 0 bridgehead atoms. The van der Waals surface area contributed by atoms with Gasteiger partial charge in [-0.1, -0.05) is 72.8 Å². The summed E-state index contributed by atoms with van der Waals surface area (Å²) in [6.45, 7) is 0. The molecular formula is C37H30N3O3S+. The van der Waals surface area contributed by atoms with E-state index in [9.17, 15) is 13.0 Å². The Bertz CT molecular complexity index is 1980. The van der Waals surface area contributed by atoms with Crippen molar-refractivity contribution in [1.29, 1.82) is 0 Å². The molecular weight excluding hydrogens is 566 g/mol. The van der Waals surface area contributed by atoms with Crippen molar-refractivity contribution < 1.29 is 18.0 Å². The molecule has 0 amide bonds. The third-order valence-electron chi connectivity index (χ3n) is 7.06. The van der Waals surface area contributed by atoms with Crippen LogP contribution in [0.3, 0.4) is 0 Å². The molecule has 1 aliphatic carbocycles. The molecule has 0 atom stereocenters. The average molecular weight is 597 g/mol. The standard InChI is InChI=1S/C37H29N3O3S/c41-44(42,43)36-26-34(40-31-14-8-3-9-15-31)24-25-35(36)37(27-16-20-32(21-17-27)38-29-10-4-1-5-11-29)28-18-22-33(23-19-28)39-30-12-6-2-7-13-30/h1-26,38,40H,(H,41,42,43)/p+1. The zero-order chi connectivity index (χ0) is 30.4. The van der Waals surface area contributed by atoms with Gasteiger partial charge in [0.05, 0.1) is 0 Å². The maximum absolute atomic E-state index is 12.8. The van der Waals surface area contributed by atoms with Crippen LogP contribution in [0, 0.1) is 0 Å². The summed E-state index contributed by atoms with van der Waals surface area (Å²) >= 11 is 0. The first-order chi connectivity index (χ1) is 21.4. The Labute approximate surface area is 257 Å². The van der Waals surface area contributed by atoms with Crippen LogP contribution in [0.2, 0.25) is 0 Å². The summed E-state index contributed by atoms with van der Waals surface area (Å²) < 4.78 is 36.1. The van der Waals surface area contributed by atoms with Crippen LogP contribution < -0.4 is 15.6 Å². The topological polar surface area (TPSA) is 92.4 Å².